The first kappa shape index (κ1) is 15.8. The Kier molecular flexibility index (Phi) is 5.20. The van der Waals surface area contributed by atoms with Crippen LogP contribution < -0.4 is 10.6 Å². The first-order chi connectivity index (χ1) is 10.0. The van der Waals surface area contributed by atoms with Crippen LogP contribution in [0.1, 0.15) is 25.8 Å². The van der Waals surface area contributed by atoms with E-state index in [0.29, 0.717) is 6.61 Å². The minimum Gasteiger partial charge on any atom is -0.379 e. The second-order valence-electron chi connectivity index (χ2n) is 5.39. The molecule has 21 heavy (non-hydrogen) atoms. The molecule has 0 saturated heterocycles. The molecule has 1 aromatic rings. The maximum absolute atomic E-state index is 11.2. The summed E-state index contributed by atoms with van der Waals surface area (Å²) in [5.41, 5.74) is 2.85. The first-order valence-electron chi connectivity index (χ1n) is 7.34. The van der Waals surface area contributed by atoms with Gasteiger partial charge in [0.2, 0.25) is 5.91 Å². The standard InChI is InChI=1S/C16H24N2O3/c1-5-21-15-9-14(16(15)20-4)18-12-7-6-10(2)13(8-12)17-11(3)19/h6-8,14-16,18H,5,9H2,1-4H3,(H,17,19). The van der Waals surface area contributed by atoms with E-state index in [4.69, 9.17) is 9.47 Å². The molecule has 1 saturated carbocycles. The second kappa shape index (κ2) is 6.91. The number of anilines is 2. The Balaban J connectivity index is 2.02. The third-order valence-corrected chi connectivity index (χ3v) is 3.80. The molecule has 1 aromatic carbocycles. The van der Waals surface area contributed by atoms with Crippen LogP contribution in [0.15, 0.2) is 18.2 Å². The van der Waals surface area contributed by atoms with E-state index in [2.05, 4.69) is 10.6 Å². The largest absolute Gasteiger partial charge is 0.379 e. The van der Waals surface area contributed by atoms with Crippen molar-refractivity contribution in [2.24, 2.45) is 0 Å². The van der Waals surface area contributed by atoms with Gasteiger partial charge in [0.1, 0.15) is 6.10 Å². The smallest absolute Gasteiger partial charge is 0.221 e. The Morgan fingerprint density at radius 2 is 2.19 bits per heavy atom. The first-order valence-corrected chi connectivity index (χ1v) is 7.34. The highest BCUT2D eigenvalue weighted by molar-refractivity contribution is 5.90. The summed E-state index contributed by atoms with van der Waals surface area (Å²) in [7, 11) is 1.71. The van der Waals surface area contributed by atoms with E-state index < -0.39 is 0 Å². The van der Waals surface area contributed by atoms with Gasteiger partial charge in [0, 0.05) is 32.0 Å². The van der Waals surface area contributed by atoms with Crippen molar-refractivity contribution in [3.63, 3.8) is 0 Å². The van der Waals surface area contributed by atoms with Crippen molar-refractivity contribution >= 4 is 17.3 Å². The average molecular weight is 292 g/mol. The molecule has 5 heteroatoms. The van der Waals surface area contributed by atoms with Gasteiger partial charge in [-0.1, -0.05) is 6.07 Å². The quantitative estimate of drug-likeness (QED) is 0.846. The summed E-state index contributed by atoms with van der Waals surface area (Å²) in [6.45, 7) is 6.18. The van der Waals surface area contributed by atoms with Crippen molar-refractivity contribution in [1.29, 1.82) is 0 Å². The number of aryl methyl sites for hydroxylation is 1. The van der Waals surface area contributed by atoms with Gasteiger partial charge in [0.25, 0.3) is 0 Å². The molecule has 0 aliphatic heterocycles. The van der Waals surface area contributed by atoms with Crippen LogP contribution in [0.5, 0.6) is 0 Å². The topological polar surface area (TPSA) is 59.6 Å². The molecule has 0 spiro atoms. The van der Waals surface area contributed by atoms with Crippen molar-refractivity contribution < 1.29 is 14.3 Å². The molecular weight excluding hydrogens is 268 g/mol. The Bertz CT molecular complexity index is 504. The summed E-state index contributed by atoms with van der Waals surface area (Å²) in [5, 5.41) is 6.29. The van der Waals surface area contributed by atoms with Crippen molar-refractivity contribution in [2.75, 3.05) is 24.4 Å². The highest BCUT2D eigenvalue weighted by Gasteiger charge is 2.42. The fourth-order valence-corrected chi connectivity index (χ4v) is 2.67. The van der Waals surface area contributed by atoms with Crippen molar-refractivity contribution in [2.45, 2.75) is 45.4 Å². The number of carbonyl (C=O) groups excluding carboxylic acids is 1. The van der Waals surface area contributed by atoms with E-state index in [0.717, 1.165) is 23.4 Å². The zero-order chi connectivity index (χ0) is 15.4. The third kappa shape index (κ3) is 3.74. The summed E-state index contributed by atoms with van der Waals surface area (Å²) in [4.78, 5) is 11.2. The normalized spacial score (nSPS) is 24.3. The fourth-order valence-electron chi connectivity index (χ4n) is 2.67. The molecule has 0 radical (unpaired) electrons. The van der Waals surface area contributed by atoms with Gasteiger partial charge < -0.3 is 20.1 Å². The van der Waals surface area contributed by atoms with Crippen molar-refractivity contribution in [3.05, 3.63) is 23.8 Å². The number of rotatable bonds is 6. The van der Waals surface area contributed by atoms with Crippen LogP contribution in [0.25, 0.3) is 0 Å². The Morgan fingerprint density at radius 3 is 2.81 bits per heavy atom. The molecule has 3 atom stereocenters. The van der Waals surface area contributed by atoms with Crippen molar-refractivity contribution in [3.8, 4) is 0 Å². The van der Waals surface area contributed by atoms with Crippen LogP contribution in [0.4, 0.5) is 11.4 Å². The summed E-state index contributed by atoms with van der Waals surface area (Å²) in [5.74, 6) is -0.0647. The van der Waals surface area contributed by atoms with Gasteiger partial charge in [0.15, 0.2) is 0 Å². The minimum atomic E-state index is -0.0647. The Morgan fingerprint density at radius 1 is 1.43 bits per heavy atom. The number of carbonyl (C=O) groups is 1. The second-order valence-corrected chi connectivity index (χ2v) is 5.39. The maximum Gasteiger partial charge on any atom is 0.221 e. The predicted molar refractivity (Wildman–Crippen MR) is 83.7 cm³/mol. The molecule has 0 bridgehead atoms. The van der Waals surface area contributed by atoms with Gasteiger partial charge in [0.05, 0.1) is 12.1 Å². The number of benzene rings is 1. The summed E-state index contributed by atoms with van der Waals surface area (Å²) >= 11 is 0. The van der Waals surface area contributed by atoms with Crippen LogP contribution >= 0.6 is 0 Å². The molecule has 2 N–H and O–H groups in total. The monoisotopic (exact) mass is 292 g/mol. The summed E-state index contributed by atoms with van der Waals surface area (Å²) < 4.78 is 11.1. The molecule has 1 aliphatic carbocycles. The maximum atomic E-state index is 11.2. The molecule has 0 aromatic heterocycles. The minimum absolute atomic E-state index is 0.0647. The van der Waals surface area contributed by atoms with Crippen LogP contribution in [-0.2, 0) is 14.3 Å². The lowest BCUT2D eigenvalue weighted by Crippen LogP contribution is -2.56. The molecule has 116 valence electrons. The highest BCUT2D eigenvalue weighted by atomic mass is 16.5. The SMILES string of the molecule is CCOC1CC(Nc2ccc(C)c(NC(C)=O)c2)C1OC. The number of ether oxygens (including phenoxy) is 2. The lowest BCUT2D eigenvalue weighted by molar-refractivity contribution is -0.118. The van der Waals surface area contributed by atoms with Crippen molar-refractivity contribution in [1.82, 2.24) is 0 Å². The highest BCUT2D eigenvalue weighted by Crippen LogP contribution is 2.31. The number of hydrogen-bond acceptors (Lipinski definition) is 4. The summed E-state index contributed by atoms with van der Waals surface area (Å²) in [6.07, 6.45) is 1.16. The van der Waals surface area contributed by atoms with Crippen LogP contribution in [-0.4, -0.2) is 37.9 Å². The fraction of sp³-hybridized carbons (Fsp3) is 0.562. The van der Waals surface area contributed by atoms with E-state index in [-0.39, 0.29) is 24.2 Å². The van der Waals surface area contributed by atoms with E-state index >= 15 is 0 Å². The molecule has 1 aliphatic rings. The number of methoxy groups -OCH3 is 1. The van der Waals surface area contributed by atoms with Gasteiger partial charge in [-0.05, 0) is 38.0 Å². The van der Waals surface area contributed by atoms with Crippen LogP contribution in [0.2, 0.25) is 0 Å². The molecular formula is C16H24N2O3. The third-order valence-electron chi connectivity index (χ3n) is 3.80. The van der Waals surface area contributed by atoms with Gasteiger partial charge >= 0.3 is 0 Å². The lowest BCUT2D eigenvalue weighted by atomic mass is 9.85. The number of nitrogens with one attached hydrogen (secondary N) is 2. The molecule has 3 unspecified atom stereocenters. The van der Waals surface area contributed by atoms with Crippen LogP contribution in [0.3, 0.4) is 0 Å². The predicted octanol–water partition coefficient (Wildman–Crippen LogP) is 2.56. The number of amides is 1. The Labute approximate surface area is 126 Å². The zero-order valence-corrected chi connectivity index (χ0v) is 13.1. The lowest BCUT2D eigenvalue weighted by Gasteiger charge is -2.43. The molecule has 2 rings (SSSR count). The van der Waals surface area contributed by atoms with Gasteiger partial charge in [-0.2, -0.15) is 0 Å². The van der Waals surface area contributed by atoms with Crippen LogP contribution in [0, 0.1) is 6.92 Å². The van der Waals surface area contributed by atoms with E-state index in [1.54, 1.807) is 7.11 Å². The molecule has 5 nitrogen and oxygen atoms in total. The zero-order valence-electron chi connectivity index (χ0n) is 13.1. The number of hydrogen-bond donors (Lipinski definition) is 2. The van der Waals surface area contributed by atoms with Gasteiger partial charge in [-0.25, -0.2) is 0 Å². The molecule has 0 heterocycles. The molecule has 1 amide bonds. The van der Waals surface area contributed by atoms with E-state index in [1.165, 1.54) is 6.92 Å². The van der Waals surface area contributed by atoms with E-state index in [1.807, 2.05) is 32.0 Å². The summed E-state index contributed by atoms with van der Waals surface area (Å²) in [6, 6.07) is 6.20. The Hall–Kier alpha value is -1.59. The van der Waals surface area contributed by atoms with Gasteiger partial charge in [-0.3, -0.25) is 4.79 Å². The van der Waals surface area contributed by atoms with E-state index in [9.17, 15) is 4.79 Å². The molecule has 1 fully saturated rings. The average Bonchev–Trinajstić information content (AvgIpc) is 2.41. The van der Waals surface area contributed by atoms with Gasteiger partial charge in [-0.15, -0.1) is 0 Å².